The summed E-state index contributed by atoms with van der Waals surface area (Å²) < 4.78 is 17.7. The standard InChI is InChI=1S/C33H42NO7.Hg.Li/c1-16-13-32(17(2)12-22-25(31(22,6)7)19(4)29(32)37)28(33(15-39-33)18(3)14-35)27(16)40-30(38)24-20(5)41-34-26(24)21-10-8-9-11-23(21)36;;/h8-11,13,17,19,22,25,27,29-30,35-38H,3,12,14-15H2,1-2,4-7H3;;/q;;+1/p-1/t17-,19+,22-,25+,27+,29?,30?,32-,33?;;/m1../s1. The van der Waals surface area contributed by atoms with Gasteiger partial charge in [0.15, 0.2) is 0 Å². The first-order valence-corrected chi connectivity index (χ1v) is 17.7. The van der Waals surface area contributed by atoms with E-state index in [1.54, 1.807) is 25.1 Å². The van der Waals surface area contributed by atoms with Crippen molar-refractivity contribution in [3.05, 3.63) is 59.4 Å². The summed E-state index contributed by atoms with van der Waals surface area (Å²) in [4.78, 5) is 0. The fourth-order valence-electron chi connectivity index (χ4n) is 9.39. The first kappa shape index (κ1) is 33.4. The maximum atomic E-state index is 12.7. The number of epoxide rings is 1. The summed E-state index contributed by atoms with van der Waals surface area (Å²) in [6.07, 6.45) is 0.420. The van der Waals surface area contributed by atoms with Crippen molar-refractivity contribution in [1.82, 2.24) is 5.16 Å². The number of fused-ring (bicyclic) bond motifs is 1. The maximum Gasteiger partial charge on any atom is 1.00 e. The first-order chi connectivity index (χ1) is 19.7. The minimum atomic E-state index is -1.46. The van der Waals surface area contributed by atoms with Crippen molar-refractivity contribution in [2.75, 3.05) is 13.2 Å². The van der Waals surface area contributed by atoms with E-state index in [0.29, 0.717) is 40.9 Å². The summed E-state index contributed by atoms with van der Waals surface area (Å²) in [5.74, 6) is 1.19. The third kappa shape index (κ3) is 4.41. The Hall–Kier alpha value is -0.958. The van der Waals surface area contributed by atoms with E-state index in [2.05, 4.69) is 45.5 Å². The number of aliphatic hydroxyl groups excluding tert-OH is 3. The van der Waals surface area contributed by atoms with Crippen LogP contribution in [0.25, 0.3) is 11.3 Å². The number of aromatic nitrogens is 1. The molecule has 0 bridgehead atoms. The Morgan fingerprint density at radius 2 is 1.91 bits per heavy atom. The van der Waals surface area contributed by atoms with Crippen molar-refractivity contribution in [2.24, 2.45) is 34.5 Å². The van der Waals surface area contributed by atoms with Crippen molar-refractivity contribution in [3.63, 3.8) is 0 Å². The molecule has 3 aliphatic carbocycles. The van der Waals surface area contributed by atoms with Gasteiger partial charge in [0.05, 0.1) is 0 Å². The van der Waals surface area contributed by atoms with Gasteiger partial charge < -0.3 is 0 Å². The molecule has 0 amide bonds. The molecule has 1 aromatic carbocycles. The van der Waals surface area contributed by atoms with Gasteiger partial charge in [0, 0.05) is 0 Å². The zero-order chi connectivity index (χ0) is 30.6. The summed E-state index contributed by atoms with van der Waals surface area (Å²) in [5.41, 5.74) is 0.972. The number of benzene rings is 1. The van der Waals surface area contributed by atoms with Crippen LogP contribution in [0.2, 0.25) is 2.92 Å². The number of nitrogens with zero attached hydrogens (tertiary/aromatic N) is 1. The van der Waals surface area contributed by atoms with Crippen molar-refractivity contribution in [1.29, 1.82) is 0 Å². The van der Waals surface area contributed by atoms with Gasteiger partial charge in [-0.05, 0) is 0 Å². The average Bonchev–Trinajstić information content (AvgIpc) is 3.79. The summed E-state index contributed by atoms with van der Waals surface area (Å²) in [6, 6.07) is 6.50. The van der Waals surface area contributed by atoms with Crippen LogP contribution in [-0.4, -0.2) is 51.5 Å². The third-order valence-corrected chi connectivity index (χ3v) is 17.7. The Kier molecular flexibility index (Phi) is 8.61. The van der Waals surface area contributed by atoms with E-state index in [1.807, 2.05) is 6.92 Å². The number of rotatable bonds is 7. The minimum Gasteiger partial charge on any atom is 1.00 e. The number of aryl methyl sites for hydroxylation is 1. The van der Waals surface area contributed by atoms with Gasteiger partial charge in [0.25, 0.3) is 0 Å². The second-order valence-electron chi connectivity index (χ2n) is 13.9. The maximum absolute atomic E-state index is 12.7. The molecule has 1 aliphatic heterocycles. The van der Waals surface area contributed by atoms with Crippen LogP contribution >= 0.6 is 0 Å². The number of para-hydroxylation sites is 1. The topological polar surface area (TPSA) is 132 Å². The summed E-state index contributed by atoms with van der Waals surface area (Å²) >= 11 is -0.105. The molecule has 3 N–H and O–H groups in total. The van der Waals surface area contributed by atoms with E-state index >= 15 is 0 Å². The van der Waals surface area contributed by atoms with Crippen molar-refractivity contribution >= 4 is 0 Å². The molecule has 1 aromatic heterocycles. The number of ether oxygens (including phenoxy) is 2. The van der Waals surface area contributed by atoms with Crippen LogP contribution in [-0.2, 0) is 35.6 Å². The molecule has 3 fully saturated rings. The Morgan fingerprint density at radius 3 is 2.51 bits per heavy atom. The second kappa shape index (κ2) is 11.1. The molecule has 1 saturated heterocycles. The van der Waals surface area contributed by atoms with Crippen LogP contribution in [0, 0.1) is 41.4 Å². The smallest absolute Gasteiger partial charge is 1.00 e. The number of hydrogen-bond donors (Lipinski definition) is 3. The Labute approximate surface area is 282 Å². The van der Waals surface area contributed by atoms with Crippen LogP contribution in [0.5, 0.6) is 5.75 Å². The van der Waals surface area contributed by atoms with Gasteiger partial charge in [-0.2, -0.15) is 0 Å². The van der Waals surface area contributed by atoms with Gasteiger partial charge in [-0.25, -0.2) is 0 Å². The predicted octanol–water partition coefficient (Wildman–Crippen LogP) is 1.38. The van der Waals surface area contributed by atoms with Crippen LogP contribution in [0.15, 0.2) is 52.6 Å². The SMILES string of the molecule is C=C(CO)C1([C@]2([Hg])[C@@H](OC(O)c3c(-c4ccccc4[O-])noc3C)C(C)=C[C@]23C(O)[C@@H](C)[C@H]2[C@@H](C[C@H]3C)C2(C)C)CO1.[Li+]. The largest absolute Gasteiger partial charge is 1.00 e. The predicted molar refractivity (Wildman–Crippen MR) is 149 cm³/mol. The monoisotopic (exact) mass is 772 g/mol. The molecule has 43 heavy (non-hydrogen) atoms. The fourth-order valence-corrected chi connectivity index (χ4v) is 15.3. The Bertz CT molecular complexity index is 1450. The van der Waals surface area contributed by atoms with Gasteiger partial charge in [-0.3, -0.25) is 0 Å². The van der Waals surface area contributed by atoms with Crippen molar-refractivity contribution in [3.8, 4) is 17.0 Å². The normalized spacial score (nSPS) is 39.8. The zero-order valence-corrected chi connectivity index (χ0v) is 31.9. The fraction of sp³-hybridized carbons (Fsp3) is 0.606. The molecule has 2 heterocycles. The van der Waals surface area contributed by atoms with Crippen LogP contribution in [0.1, 0.15) is 58.7 Å². The molecule has 3 unspecified atom stereocenters. The van der Waals surface area contributed by atoms with E-state index in [4.69, 9.17) is 14.0 Å². The zero-order valence-electron chi connectivity index (χ0n) is 26.4. The van der Waals surface area contributed by atoms with Crippen LogP contribution in [0.3, 0.4) is 0 Å². The molecule has 1 spiro atoms. The molecule has 6 rings (SSSR count). The van der Waals surface area contributed by atoms with E-state index in [9.17, 15) is 20.4 Å². The molecule has 2 saturated carbocycles. The van der Waals surface area contributed by atoms with Crippen molar-refractivity contribution < 1.29 is 79.4 Å². The molecule has 2 aromatic rings. The molecular weight excluding hydrogens is 730 g/mol. The van der Waals surface area contributed by atoms with Gasteiger partial charge in [-0.15, -0.1) is 0 Å². The summed E-state index contributed by atoms with van der Waals surface area (Å²) in [6.45, 7) is 17.1. The summed E-state index contributed by atoms with van der Waals surface area (Å²) in [7, 11) is 0. The first-order valence-electron chi connectivity index (χ1n) is 14.9. The summed E-state index contributed by atoms with van der Waals surface area (Å²) in [5, 5.41) is 51.4. The van der Waals surface area contributed by atoms with Gasteiger partial charge in [-0.1, -0.05) is 0 Å². The Morgan fingerprint density at radius 1 is 1.26 bits per heavy atom. The molecule has 223 valence electrons. The van der Waals surface area contributed by atoms with Gasteiger partial charge >= 0.3 is 284 Å². The van der Waals surface area contributed by atoms with E-state index < -0.39 is 32.4 Å². The van der Waals surface area contributed by atoms with E-state index in [0.717, 1.165) is 12.0 Å². The quantitative estimate of drug-likeness (QED) is 0.167. The molecule has 8 nitrogen and oxygen atoms in total. The minimum absolute atomic E-state index is 0. The average molecular weight is 771 g/mol. The number of hydrogen-bond acceptors (Lipinski definition) is 8. The second-order valence-corrected chi connectivity index (χ2v) is 18.3. The Balaban J connectivity index is 0.00000368. The van der Waals surface area contributed by atoms with Gasteiger partial charge in [0.2, 0.25) is 0 Å². The van der Waals surface area contributed by atoms with E-state index in [-0.39, 0.29) is 80.3 Å². The van der Waals surface area contributed by atoms with Crippen molar-refractivity contribution in [2.45, 2.75) is 75.0 Å². The molecular formula is C33H41HgLiNO7. The molecule has 10 atom stereocenters. The van der Waals surface area contributed by atoms with E-state index in [1.165, 1.54) is 6.07 Å². The van der Waals surface area contributed by atoms with Crippen LogP contribution in [0.4, 0.5) is 0 Å². The molecule has 0 radical (unpaired) electrons. The number of aliphatic hydroxyl groups is 3. The molecule has 4 aliphatic rings. The van der Waals surface area contributed by atoms with Crippen LogP contribution < -0.4 is 24.0 Å². The van der Waals surface area contributed by atoms with Gasteiger partial charge in [0.1, 0.15) is 0 Å². The molecule has 10 heteroatoms. The third-order valence-electron chi connectivity index (χ3n) is 11.7.